The average molecular weight is 324 g/mol. The maximum absolute atomic E-state index is 14.0. The molecule has 2 aromatic carbocycles. The number of nitrogens with one attached hydrogen (secondary N) is 1. The van der Waals surface area contributed by atoms with Crippen molar-refractivity contribution in [3.8, 4) is 5.75 Å². The maximum Gasteiger partial charge on any atom is 0.177 e. The van der Waals surface area contributed by atoms with Crippen LogP contribution in [0.5, 0.6) is 5.75 Å². The summed E-state index contributed by atoms with van der Waals surface area (Å²) in [6, 6.07) is 11.6. The molecule has 0 aliphatic carbocycles. The minimum Gasteiger partial charge on any atom is -0.481 e. The van der Waals surface area contributed by atoms with Gasteiger partial charge < -0.3 is 10.1 Å². The molecule has 1 heterocycles. The van der Waals surface area contributed by atoms with E-state index in [0.29, 0.717) is 0 Å². The van der Waals surface area contributed by atoms with Crippen molar-refractivity contribution in [1.29, 1.82) is 0 Å². The molecule has 0 unspecified atom stereocenters. The second kappa shape index (κ2) is 6.63. The van der Waals surface area contributed by atoms with Crippen LogP contribution in [0.4, 0.5) is 8.78 Å². The molecule has 116 valence electrons. The molecule has 3 rings (SSSR count). The standard InChI is InChI=1S/C17H16ClF2NO/c18-15-13(19)6-7-14(20)17(15)22-16(12-8-9-21-10-12)11-4-2-1-3-5-11/h1-7,12,16,21H,8-10H2/t12-,16-/m0/s1. The summed E-state index contributed by atoms with van der Waals surface area (Å²) in [6.45, 7) is 1.66. The lowest BCUT2D eigenvalue weighted by Gasteiger charge is -2.25. The van der Waals surface area contributed by atoms with Crippen molar-refractivity contribution in [1.82, 2.24) is 5.32 Å². The largest absolute Gasteiger partial charge is 0.481 e. The van der Waals surface area contributed by atoms with Gasteiger partial charge in [0.2, 0.25) is 0 Å². The molecular formula is C17H16ClF2NO. The van der Waals surface area contributed by atoms with E-state index in [0.717, 1.165) is 37.2 Å². The minimum absolute atomic E-state index is 0.182. The molecule has 0 spiro atoms. The van der Waals surface area contributed by atoms with Crippen LogP contribution in [0.25, 0.3) is 0 Å². The fourth-order valence-corrected chi connectivity index (χ4v) is 2.96. The third kappa shape index (κ3) is 3.08. The van der Waals surface area contributed by atoms with Gasteiger partial charge in [-0.3, -0.25) is 0 Å². The van der Waals surface area contributed by atoms with Crippen LogP contribution in [-0.2, 0) is 0 Å². The Bertz CT molecular complexity index is 645. The van der Waals surface area contributed by atoms with Crippen LogP contribution >= 0.6 is 11.6 Å². The molecule has 2 nitrogen and oxygen atoms in total. The predicted octanol–water partition coefficient (Wildman–Crippen LogP) is 4.35. The molecule has 0 saturated carbocycles. The topological polar surface area (TPSA) is 21.3 Å². The summed E-state index contributed by atoms with van der Waals surface area (Å²) >= 11 is 5.88. The van der Waals surface area contributed by atoms with Crippen LogP contribution in [-0.4, -0.2) is 13.1 Å². The Morgan fingerprint density at radius 2 is 1.82 bits per heavy atom. The van der Waals surface area contributed by atoms with Crippen LogP contribution in [0.1, 0.15) is 18.1 Å². The second-order valence-electron chi connectivity index (χ2n) is 5.37. The lowest BCUT2D eigenvalue weighted by atomic mass is 9.95. The molecule has 5 heteroatoms. The number of rotatable bonds is 4. The molecule has 1 saturated heterocycles. The van der Waals surface area contributed by atoms with Gasteiger partial charge in [0.15, 0.2) is 11.6 Å². The Morgan fingerprint density at radius 1 is 1.09 bits per heavy atom. The van der Waals surface area contributed by atoms with E-state index in [1.807, 2.05) is 30.3 Å². The van der Waals surface area contributed by atoms with Gasteiger partial charge in [0.05, 0.1) is 0 Å². The molecule has 0 bridgehead atoms. The third-order valence-corrected chi connectivity index (χ3v) is 4.25. The van der Waals surface area contributed by atoms with E-state index < -0.39 is 11.6 Å². The summed E-state index contributed by atoms with van der Waals surface area (Å²) in [5.74, 6) is -1.38. The highest BCUT2D eigenvalue weighted by atomic mass is 35.5. The Balaban J connectivity index is 1.95. The van der Waals surface area contributed by atoms with E-state index in [4.69, 9.17) is 16.3 Å². The first-order valence-corrected chi connectivity index (χ1v) is 7.60. The molecule has 1 fully saturated rings. The third-order valence-electron chi connectivity index (χ3n) is 3.90. The monoisotopic (exact) mass is 323 g/mol. The van der Waals surface area contributed by atoms with Gasteiger partial charge in [-0.05, 0) is 30.7 Å². The fraction of sp³-hybridized carbons (Fsp3) is 0.294. The summed E-state index contributed by atoms with van der Waals surface area (Å²) in [5.41, 5.74) is 0.927. The molecular weight excluding hydrogens is 308 g/mol. The molecule has 0 amide bonds. The van der Waals surface area contributed by atoms with E-state index in [1.54, 1.807) is 0 Å². The van der Waals surface area contributed by atoms with Gasteiger partial charge in [-0.1, -0.05) is 41.9 Å². The highest BCUT2D eigenvalue weighted by Gasteiger charge is 2.29. The molecule has 1 aliphatic heterocycles. The molecule has 2 aromatic rings. The van der Waals surface area contributed by atoms with E-state index in [1.165, 1.54) is 0 Å². The smallest absolute Gasteiger partial charge is 0.177 e. The van der Waals surface area contributed by atoms with Crippen molar-refractivity contribution in [2.45, 2.75) is 12.5 Å². The van der Waals surface area contributed by atoms with Crippen molar-refractivity contribution >= 4 is 11.6 Å². The van der Waals surface area contributed by atoms with Crippen LogP contribution in [0.2, 0.25) is 5.02 Å². The van der Waals surface area contributed by atoms with E-state index in [2.05, 4.69) is 5.32 Å². The lowest BCUT2D eigenvalue weighted by Crippen LogP contribution is -2.22. The Morgan fingerprint density at radius 3 is 2.50 bits per heavy atom. The first-order valence-electron chi connectivity index (χ1n) is 7.22. The molecule has 22 heavy (non-hydrogen) atoms. The van der Waals surface area contributed by atoms with Crippen LogP contribution in [0.3, 0.4) is 0 Å². The molecule has 1 aliphatic rings. The molecule has 0 radical (unpaired) electrons. The number of hydrogen-bond acceptors (Lipinski definition) is 2. The first kappa shape index (κ1) is 15.3. The molecule has 2 atom stereocenters. The first-order chi connectivity index (χ1) is 10.7. The van der Waals surface area contributed by atoms with Gasteiger partial charge in [-0.25, -0.2) is 8.78 Å². The SMILES string of the molecule is Fc1ccc(F)c(O[C@@H](c2ccccc2)[C@H]2CCNC2)c1Cl. The van der Waals surface area contributed by atoms with Crippen LogP contribution in [0, 0.1) is 17.6 Å². The number of hydrogen-bond donors (Lipinski definition) is 1. The summed E-state index contributed by atoms with van der Waals surface area (Å²) in [5, 5.41) is 2.96. The zero-order valence-corrected chi connectivity index (χ0v) is 12.6. The highest BCUT2D eigenvalue weighted by Crippen LogP contribution is 2.37. The zero-order valence-electron chi connectivity index (χ0n) is 11.9. The Hall–Kier alpha value is -1.65. The van der Waals surface area contributed by atoms with Gasteiger partial charge >= 0.3 is 0 Å². The van der Waals surface area contributed by atoms with Gasteiger partial charge in [0.1, 0.15) is 16.9 Å². The van der Waals surface area contributed by atoms with Crippen molar-refractivity contribution in [3.63, 3.8) is 0 Å². The van der Waals surface area contributed by atoms with Gasteiger partial charge in [0.25, 0.3) is 0 Å². The van der Waals surface area contributed by atoms with E-state index >= 15 is 0 Å². The van der Waals surface area contributed by atoms with E-state index in [-0.39, 0.29) is 22.8 Å². The van der Waals surface area contributed by atoms with Crippen LogP contribution < -0.4 is 10.1 Å². The van der Waals surface area contributed by atoms with Gasteiger partial charge in [-0.15, -0.1) is 0 Å². The summed E-state index contributed by atoms with van der Waals surface area (Å²) in [7, 11) is 0. The van der Waals surface area contributed by atoms with Crippen LogP contribution in [0.15, 0.2) is 42.5 Å². The Kier molecular flexibility index (Phi) is 4.60. The second-order valence-corrected chi connectivity index (χ2v) is 5.75. The number of ether oxygens (including phenoxy) is 1. The highest BCUT2D eigenvalue weighted by molar-refractivity contribution is 6.32. The number of benzene rings is 2. The van der Waals surface area contributed by atoms with Gasteiger partial charge in [0, 0.05) is 12.5 Å². The predicted molar refractivity (Wildman–Crippen MR) is 82.2 cm³/mol. The minimum atomic E-state index is -0.686. The summed E-state index contributed by atoms with van der Waals surface area (Å²) in [4.78, 5) is 0. The van der Waals surface area contributed by atoms with Crippen molar-refractivity contribution in [2.24, 2.45) is 5.92 Å². The summed E-state index contributed by atoms with van der Waals surface area (Å²) in [6.07, 6.45) is 0.540. The van der Waals surface area contributed by atoms with Crippen molar-refractivity contribution in [3.05, 3.63) is 64.7 Å². The fourth-order valence-electron chi connectivity index (χ4n) is 2.76. The maximum atomic E-state index is 14.0. The van der Waals surface area contributed by atoms with E-state index in [9.17, 15) is 8.78 Å². The zero-order chi connectivity index (χ0) is 15.5. The average Bonchev–Trinajstić information content (AvgIpc) is 3.06. The quantitative estimate of drug-likeness (QED) is 0.845. The molecule has 0 aromatic heterocycles. The summed E-state index contributed by atoms with van der Waals surface area (Å²) < 4.78 is 33.4. The van der Waals surface area contributed by atoms with Crippen molar-refractivity contribution < 1.29 is 13.5 Å². The Labute approximate surface area is 133 Å². The lowest BCUT2D eigenvalue weighted by molar-refractivity contribution is 0.138. The number of halogens is 3. The normalized spacial score (nSPS) is 19.1. The van der Waals surface area contributed by atoms with Crippen molar-refractivity contribution in [2.75, 3.05) is 13.1 Å². The van der Waals surface area contributed by atoms with Gasteiger partial charge in [-0.2, -0.15) is 0 Å². The molecule has 1 N–H and O–H groups in total.